The maximum Gasteiger partial charge on any atom is 0.139 e. The van der Waals surface area contributed by atoms with Crippen molar-refractivity contribution in [2.45, 2.75) is 45.6 Å². The Morgan fingerprint density at radius 1 is 1.35 bits per heavy atom. The Bertz CT molecular complexity index is 375. The van der Waals surface area contributed by atoms with E-state index < -0.39 is 6.23 Å². The van der Waals surface area contributed by atoms with Gasteiger partial charge in [-0.25, -0.2) is 0 Å². The van der Waals surface area contributed by atoms with Crippen LogP contribution in [-0.4, -0.2) is 32.1 Å². The van der Waals surface area contributed by atoms with E-state index in [1.54, 1.807) is 6.07 Å². The standard InChI is InChI=1S/C12H20N2O3/c1-12(2,3)14-11(17)6-8-4-5-10(16)9(7-15)13-8/h4-5,11,14-17H,6-7H2,1-3H3. The number of pyridine rings is 1. The largest absolute Gasteiger partial charge is 0.506 e. The van der Waals surface area contributed by atoms with Crippen LogP contribution in [0.15, 0.2) is 12.1 Å². The molecule has 1 unspecified atom stereocenters. The number of aromatic hydroxyl groups is 1. The first-order valence-corrected chi connectivity index (χ1v) is 5.56. The third-order valence-electron chi connectivity index (χ3n) is 2.16. The quantitative estimate of drug-likeness (QED) is 0.577. The van der Waals surface area contributed by atoms with E-state index in [2.05, 4.69) is 10.3 Å². The molecule has 0 aliphatic rings. The van der Waals surface area contributed by atoms with Gasteiger partial charge >= 0.3 is 0 Å². The molecular weight excluding hydrogens is 220 g/mol. The molecule has 1 aromatic rings. The van der Waals surface area contributed by atoms with Crippen molar-refractivity contribution in [3.63, 3.8) is 0 Å². The highest BCUT2D eigenvalue weighted by atomic mass is 16.3. The van der Waals surface area contributed by atoms with Crippen LogP contribution < -0.4 is 5.32 Å². The van der Waals surface area contributed by atoms with Gasteiger partial charge in [0.2, 0.25) is 0 Å². The molecule has 4 N–H and O–H groups in total. The van der Waals surface area contributed by atoms with E-state index in [4.69, 9.17) is 5.11 Å². The van der Waals surface area contributed by atoms with Gasteiger partial charge in [0.25, 0.3) is 0 Å². The second-order valence-corrected chi connectivity index (χ2v) is 5.04. The van der Waals surface area contributed by atoms with Gasteiger partial charge in [-0.05, 0) is 32.9 Å². The third kappa shape index (κ3) is 4.68. The highest BCUT2D eigenvalue weighted by molar-refractivity contribution is 5.27. The molecule has 96 valence electrons. The van der Waals surface area contributed by atoms with E-state index in [0.29, 0.717) is 12.1 Å². The van der Waals surface area contributed by atoms with Gasteiger partial charge in [0.1, 0.15) is 17.7 Å². The molecule has 1 atom stereocenters. The Hall–Kier alpha value is -1.17. The molecule has 0 aliphatic heterocycles. The fourth-order valence-corrected chi connectivity index (χ4v) is 1.52. The molecule has 0 bridgehead atoms. The molecule has 0 amide bonds. The summed E-state index contributed by atoms with van der Waals surface area (Å²) in [5.41, 5.74) is 0.664. The van der Waals surface area contributed by atoms with Crippen LogP contribution >= 0.6 is 0 Å². The summed E-state index contributed by atoms with van der Waals surface area (Å²) in [6.45, 7) is 5.56. The fraction of sp³-hybridized carbons (Fsp3) is 0.583. The number of aliphatic hydroxyl groups is 2. The summed E-state index contributed by atoms with van der Waals surface area (Å²) in [5.74, 6) is -0.0329. The van der Waals surface area contributed by atoms with Gasteiger partial charge in [0.15, 0.2) is 0 Å². The van der Waals surface area contributed by atoms with E-state index in [1.807, 2.05) is 20.8 Å². The van der Waals surface area contributed by atoms with Crippen molar-refractivity contribution in [3.8, 4) is 5.75 Å². The normalized spacial score (nSPS) is 13.7. The molecule has 1 rings (SSSR count). The summed E-state index contributed by atoms with van der Waals surface area (Å²) in [6.07, 6.45) is -0.386. The SMILES string of the molecule is CC(C)(C)NC(O)Cc1ccc(O)c(CO)n1. The summed E-state index contributed by atoms with van der Waals surface area (Å²) in [5, 5.41) is 31.1. The Morgan fingerprint density at radius 3 is 2.53 bits per heavy atom. The third-order valence-corrected chi connectivity index (χ3v) is 2.16. The van der Waals surface area contributed by atoms with Gasteiger partial charge < -0.3 is 15.3 Å². The lowest BCUT2D eigenvalue weighted by Crippen LogP contribution is -2.44. The highest BCUT2D eigenvalue weighted by Gasteiger charge is 2.16. The fourth-order valence-electron chi connectivity index (χ4n) is 1.52. The lowest BCUT2D eigenvalue weighted by Gasteiger charge is -2.24. The number of nitrogens with one attached hydrogen (secondary N) is 1. The summed E-state index contributed by atoms with van der Waals surface area (Å²) < 4.78 is 0. The molecule has 1 heterocycles. The molecule has 5 nitrogen and oxygen atoms in total. The topological polar surface area (TPSA) is 85.6 Å². The van der Waals surface area contributed by atoms with Crippen molar-refractivity contribution in [1.29, 1.82) is 0 Å². The van der Waals surface area contributed by atoms with E-state index >= 15 is 0 Å². The van der Waals surface area contributed by atoms with Crippen molar-refractivity contribution >= 4 is 0 Å². The minimum Gasteiger partial charge on any atom is -0.506 e. The smallest absolute Gasteiger partial charge is 0.139 e. The lowest BCUT2D eigenvalue weighted by atomic mass is 10.1. The van der Waals surface area contributed by atoms with Gasteiger partial charge in [-0.3, -0.25) is 10.3 Å². The number of hydrogen-bond acceptors (Lipinski definition) is 5. The van der Waals surface area contributed by atoms with Crippen LogP contribution in [0.5, 0.6) is 5.75 Å². The maximum atomic E-state index is 9.80. The Labute approximate surface area is 101 Å². The van der Waals surface area contributed by atoms with E-state index in [0.717, 1.165) is 0 Å². The predicted octanol–water partition coefficient (Wildman–Crippen LogP) is 0.528. The maximum absolute atomic E-state index is 9.80. The second kappa shape index (κ2) is 5.44. The average Bonchev–Trinajstić information content (AvgIpc) is 2.18. The number of hydrogen-bond donors (Lipinski definition) is 4. The van der Waals surface area contributed by atoms with Crippen LogP contribution in [0.4, 0.5) is 0 Å². The van der Waals surface area contributed by atoms with Crippen molar-refractivity contribution < 1.29 is 15.3 Å². The zero-order valence-electron chi connectivity index (χ0n) is 10.4. The first kappa shape index (κ1) is 13.9. The van der Waals surface area contributed by atoms with Crippen LogP contribution in [0.2, 0.25) is 0 Å². The Kier molecular flexibility index (Phi) is 4.45. The Morgan fingerprint density at radius 2 is 2.00 bits per heavy atom. The first-order chi connectivity index (χ1) is 7.81. The summed E-state index contributed by atoms with van der Waals surface area (Å²) in [6, 6.07) is 3.10. The molecule has 0 spiro atoms. The number of nitrogens with zero attached hydrogens (tertiary/aromatic N) is 1. The van der Waals surface area contributed by atoms with E-state index in [1.165, 1.54) is 6.07 Å². The van der Waals surface area contributed by atoms with Crippen molar-refractivity contribution in [2.75, 3.05) is 0 Å². The minimum atomic E-state index is -0.710. The molecule has 0 radical (unpaired) electrons. The molecule has 17 heavy (non-hydrogen) atoms. The van der Waals surface area contributed by atoms with Crippen molar-refractivity contribution in [1.82, 2.24) is 10.3 Å². The van der Waals surface area contributed by atoms with E-state index in [9.17, 15) is 10.2 Å². The van der Waals surface area contributed by atoms with Gasteiger partial charge in [-0.2, -0.15) is 0 Å². The highest BCUT2D eigenvalue weighted by Crippen LogP contribution is 2.15. The van der Waals surface area contributed by atoms with Crippen molar-refractivity contribution in [2.24, 2.45) is 0 Å². The van der Waals surface area contributed by atoms with Gasteiger partial charge in [-0.15, -0.1) is 0 Å². The first-order valence-electron chi connectivity index (χ1n) is 5.56. The second-order valence-electron chi connectivity index (χ2n) is 5.04. The van der Waals surface area contributed by atoms with Gasteiger partial charge in [0, 0.05) is 17.7 Å². The van der Waals surface area contributed by atoms with Crippen LogP contribution in [0.25, 0.3) is 0 Å². The lowest BCUT2D eigenvalue weighted by molar-refractivity contribution is 0.105. The zero-order chi connectivity index (χ0) is 13.1. The van der Waals surface area contributed by atoms with Gasteiger partial charge in [0.05, 0.1) is 6.61 Å². The van der Waals surface area contributed by atoms with Crippen LogP contribution in [0.3, 0.4) is 0 Å². The zero-order valence-corrected chi connectivity index (χ0v) is 10.4. The molecule has 0 saturated heterocycles. The van der Waals surface area contributed by atoms with Crippen LogP contribution in [0.1, 0.15) is 32.2 Å². The monoisotopic (exact) mass is 240 g/mol. The van der Waals surface area contributed by atoms with Gasteiger partial charge in [-0.1, -0.05) is 0 Å². The predicted molar refractivity (Wildman–Crippen MR) is 64.4 cm³/mol. The van der Waals surface area contributed by atoms with Crippen LogP contribution in [0, 0.1) is 0 Å². The van der Waals surface area contributed by atoms with E-state index in [-0.39, 0.29) is 23.6 Å². The molecular formula is C12H20N2O3. The molecule has 0 saturated carbocycles. The number of rotatable bonds is 4. The average molecular weight is 240 g/mol. The molecule has 0 fully saturated rings. The molecule has 5 heteroatoms. The molecule has 0 aromatic carbocycles. The number of aliphatic hydroxyl groups excluding tert-OH is 2. The molecule has 0 aliphatic carbocycles. The van der Waals surface area contributed by atoms with Crippen molar-refractivity contribution in [3.05, 3.63) is 23.5 Å². The summed E-state index contributed by atoms with van der Waals surface area (Å²) in [7, 11) is 0. The van der Waals surface area contributed by atoms with Crippen LogP contribution in [-0.2, 0) is 13.0 Å². The summed E-state index contributed by atoms with van der Waals surface area (Å²) >= 11 is 0. The summed E-state index contributed by atoms with van der Waals surface area (Å²) in [4.78, 5) is 4.06. The minimum absolute atomic E-state index is 0.0329. The molecule has 1 aromatic heterocycles. The Balaban J connectivity index is 2.68. The number of aromatic nitrogens is 1.